The van der Waals surface area contributed by atoms with Gasteiger partial charge in [-0.05, 0) is 61.7 Å². The van der Waals surface area contributed by atoms with Crippen molar-refractivity contribution in [2.45, 2.75) is 32.4 Å². The number of nitrogens with zero attached hydrogens (tertiary/aromatic N) is 3. The summed E-state index contributed by atoms with van der Waals surface area (Å²) >= 11 is 0. The van der Waals surface area contributed by atoms with Crippen LogP contribution in [0.4, 0.5) is 11.4 Å². The van der Waals surface area contributed by atoms with Gasteiger partial charge in [-0.15, -0.1) is 4.83 Å². The van der Waals surface area contributed by atoms with Gasteiger partial charge in [0.2, 0.25) is 0 Å². The summed E-state index contributed by atoms with van der Waals surface area (Å²) in [6, 6.07) is 12.5. The molecule has 0 radical (unpaired) electrons. The summed E-state index contributed by atoms with van der Waals surface area (Å²) < 4.78 is 27.5. The van der Waals surface area contributed by atoms with Crippen molar-refractivity contribution in [3.8, 4) is 0 Å². The molecule has 1 aliphatic rings. The minimum atomic E-state index is -3.69. The number of benzene rings is 2. The van der Waals surface area contributed by atoms with Crippen molar-refractivity contribution in [3.05, 3.63) is 53.7 Å². The minimum absolute atomic E-state index is 0.328. The van der Waals surface area contributed by atoms with E-state index in [1.54, 1.807) is 14.1 Å². The van der Waals surface area contributed by atoms with Crippen molar-refractivity contribution < 1.29 is 8.42 Å². The van der Waals surface area contributed by atoms with Crippen molar-refractivity contribution in [2.75, 3.05) is 37.2 Å². The highest BCUT2D eigenvalue weighted by molar-refractivity contribution is 7.90. The van der Waals surface area contributed by atoms with Crippen molar-refractivity contribution in [1.82, 2.24) is 24.9 Å². The number of aromatic nitrogens is 2. The zero-order chi connectivity index (χ0) is 22.7. The van der Waals surface area contributed by atoms with E-state index in [4.69, 9.17) is 0 Å². The number of anilines is 2. The summed E-state index contributed by atoms with van der Waals surface area (Å²) in [4.78, 5) is 4.80. The Labute approximate surface area is 189 Å². The second-order valence-electron chi connectivity index (χ2n) is 8.64. The molecule has 9 nitrogen and oxygen atoms in total. The van der Waals surface area contributed by atoms with Gasteiger partial charge in [0.05, 0.1) is 17.4 Å². The molecular formula is C22H31N7O2S. The first-order valence-electron chi connectivity index (χ1n) is 10.8. The molecule has 0 amide bonds. The van der Waals surface area contributed by atoms with E-state index >= 15 is 0 Å². The highest BCUT2D eigenvalue weighted by Crippen LogP contribution is 2.24. The van der Waals surface area contributed by atoms with E-state index in [0.29, 0.717) is 18.3 Å². The van der Waals surface area contributed by atoms with Crippen LogP contribution < -0.4 is 14.9 Å². The van der Waals surface area contributed by atoms with Gasteiger partial charge in [0, 0.05) is 44.3 Å². The molecule has 1 fully saturated rings. The van der Waals surface area contributed by atoms with Crippen molar-refractivity contribution >= 4 is 32.5 Å². The summed E-state index contributed by atoms with van der Waals surface area (Å²) in [5, 5.41) is 13.2. The fraction of sp³-hybridized carbons (Fsp3) is 0.409. The summed E-state index contributed by atoms with van der Waals surface area (Å²) in [5.41, 5.74) is 4.69. The first kappa shape index (κ1) is 22.5. The number of aryl methyl sites for hydroxylation is 1. The van der Waals surface area contributed by atoms with Crippen LogP contribution in [0.5, 0.6) is 0 Å². The van der Waals surface area contributed by atoms with E-state index < -0.39 is 10.2 Å². The zero-order valence-corrected chi connectivity index (χ0v) is 19.5. The molecule has 0 aliphatic carbocycles. The van der Waals surface area contributed by atoms with Gasteiger partial charge >= 0.3 is 10.2 Å². The summed E-state index contributed by atoms with van der Waals surface area (Å²) in [5.74, 6) is 0. The lowest BCUT2D eigenvalue weighted by molar-refractivity contribution is 0.209. The maximum atomic E-state index is 12.4. The molecule has 1 atom stereocenters. The molecule has 0 saturated carbocycles. The molecular weight excluding hydrogens is 426 g/mol. The topological polar surface area (TPSA) is 105 Å². The molecule has 1 aliphatic heterocycles. The Morgan fingerprint density at radius 2 is 2.06 bits per heavy atom. The molecule has 1 aromatic heterocycles. The maximum absolute atomic E-state index is 12.4. The number of H-pyrrole nitrogens is 1. The Morgan fingerprint density at radius 3 is 2.88 bits per heavy atom. The Bertz CT molecular complexity index is 1180. The van der Waals surface area contributed by atoms with E-state index in [-0.39, 0.29) is 0 Å². The lowest BCUT2D eigenvalue weighted by atomic mass is 10.0. The molecule has 0 unspecified atom stereocenters. The number of aromatic amines is 1. The molecule has 1 saturated heterocycles. The van der Waals surface area contributed by atoms with Crippen LogP contribution in [0.15, 0.2) is 42.6 Å². The second kappa shape index (κ2) is 9.45. The van der Waals surface area contributed by atoms with Crippen LogP contribution in [0.1, 0.15) is 24.0 Å². The maximum Gasteiger partial charge on any atom is 0.312 e. The predicted molar refractivity (Wildman–Crippen MR) is 129 cm³/mol. The highest BCUT2D eigenvalue weighted by atomic mass is 32.2. The lowest BCUT2D eigenvalue weighted by Gasteiger charge is -2.34. The van der Waals surface area contributed by atoms with Crippen LogP contribution in [0, 0.1) is 6.92 Å². The quantitative estimate of drug-likeness (QED) is 0.388. The average Bonchev–Trinajstić information content (AvgIpc) is 3.17. The van der Waals surface area contributed by atoms with Gasteiger partial charge in [0.1, 0.15) is 0 Å². The standard InChI is InChI=1S/C22H31N7O2S/c1-16-6-7-17(22(11-16)26-32(30,31)27-28(2)3)14-29-10-4-5-20(15-29)24-19-8-9-21-18(12-19)13-23-25-21/h6-9,11-13,20,24,26-27H,4-5,10,14-15H2,1-3H3,(H,23,25)/t20-/m1/s1. The Kier molecular flexibility index (Phi) is 6.66. The van der Waals surface area contributed by atoms with Crippen LogP contribution in [0.2, 0.25) is 0 Å². The van der Waals surface area contributed by atoms with E-state index in [9.17, 15) is 8.42 Å². The molecule has 3 aromatic rings. The highest BCUT2D eigenvalue weighted by Gasteiger charge is 2.22. The summed E-state index contributed by atoms with van der Waals surface area (Å²) in [6.07, 6.45) is 4.01. The van der Waals surface area contributed by atoms with E-state index in [1.165, 1.54) is 5.01 Å². The molecule has 0 spiro atoms. The SMILES string of the molecule is Cc1ccc(CN2CCC[C@@H](Nc3ccc4[nH]ncc4c3)C2)c(NS(=O)(=O)NN(C)C)c1. The number of nitrogens with one attached hydrogen (secondary N) is 4. The molecule has 4 N–H and O–H groups in total. The number of hydrogen-bond acceptors (Lipinski definition) is 6. The zero-order valence-electron chi connectivity index (χ0n) is 18.7. The van der Waals surface area contributed by atoms with Crippen molar-refractivity contribution in [1.29, 1.82) is 0 Å². The Balaban J connectivity index is 1.44. The minimum Gasteiger partial charge on any atom is -0.381 e. The number of hydrogen-bond donors (Lipinski definition) is 4. The summed E-state index contributed by atoms with van der Waals surface area (Å²) in [7, 11) is -0.410. The molecule has 4 rings (SSSR count). The Morgan fingerprint density at radius 1 is 1.22 bits per heavy atom. The number of likely N-dealkylation sites (tertiary alicyclic amines) is 1. The third-order valence-electron chi connectivity index (χ3n) is 5.52. The Hall–Kier alpha value is -2.66. The third kappa shape index (κ3) is 5.77. The monoisotopic (exact) mass is 457 g/mol. The predicted octanol–water partition coefficient (Wildman–Crippen LogP) is 2.67. The molecule has 2 heterocycles. The van der Waals surface area contributed by atoms with E-state index in [1.807, 2.05) is 37.4 Å². The molecule has 2 aromatic carbocycles. The van der Waals surface area contributed by atoms with Gasteiger partial charge in [0.15, 0.2) is 0 Å². The first-order chi connectivity index (χ1) is 15.3. The van der Waals surface area contributed by atoms with E-state index in [0.717, 1.165) is 53.6 Å². The molecule has 32 heavy (non-hydrogen) atoms. The largest absolute Gasteiger partial charge is 0.381 e. The second-order valence-corrected chi connectivity index (χ2v) is 10.0. The van der Waals surface area contributed by atoms with Gasteiger partial charge in [-0.25, -0.2) is 5.01 Å². The molecule has 0 bridgehead atoms. The van der Waals surface area contributed by atoms with Crippen molar-refractivity contribution in [2.24, 2.45) is 0 Å². The fourth-order valence-corrected chi connectivity index (χ4v) is 5.16. The van der Waals surface area contributed by atoms with Crippen LogP contribution in [-0.4, -0.2) is 61.8 Å². The van der Waals surface area contributed by atoms with Gasteiger partial charge < -0.3 is 5.32 Å². The first-order valence-corrected chi connectivity index (χ1v) is 12.2. The van der Waals surface area contributed by atoms with Gasteiger partial charge in [0.25, 0.3) is 0 Å². The van der Waals surface area contributed by atoms with Crippen LogP contribution in [0.25, 0.3) is 10.9 Å². The lowest BCUT2D eigenvalue weighted by Crippen LogP contribution is -2.42. The van der Waals surface area contributed by atoms with E-state index in [2.05, 4.69) is 42.1 Å². The van der Waals surface area contributed by atoms with Gasteiger partial charge in [-0.3, -0.25) is 14.7 Å². The average molecular weight is 458 g/mol. The smallest absolute Gasteiger partial charge is 0.312 e. The molecule has 172 valence electrons. The number of fused-ring (bicyclic) bond motifs is 1. The van der Waals surface area contributed by atoms with Gasteiger partial charge in [-0.1, -0.05) is 12.1 Å². The number of hydrazine groups is 1. The number of rotatable bonds is 8. The van der Waals surface area contributed by atoms with Crippen LogP contribution >= 0.6 is 0 Å². The molecule has 10 heteroatoms. The third-order valence-corrected chi connectivity index (χ3v) is 6.62. The number of piperidine rings is 1. The van der Waals surface area contributed by atoms with Crippen LogP contribution in [-0.2, 0) is 16.8 Å². The normalized spacial score (nSPS) is 17.7. The summed E-state index contributed by atoms with van der Waals surface area (Å²) in [6.45, 7) is 4.51. The van der Waals surface area contributed by atoms with Crippen molar-refractivity contribution in [3.63, 3.8) is 0 Å². The van der Waals surface area contributed by atoms with Gasteiger partial charge in [-0.2, -0.15) is 13.5 Å². The van der Waals surface area contributed by atoms with Crippen LogP contribution in [0.3, 0.4) is 0 Å². The fourth-order valence-electron chi connectivity index (χ4n) is 4.16.